The molecule has 0 saturated carbocycles. The van der Waals surface area contributed by atoms with Crippen molar-refractivity contribution in [3.8, 4) is 0 Å². The van der Waals surface area contributed by atoms with Crippen LogP contribution in [-0.4, -0.2) is 20.7 Å². The Morgan fingerprint density at radius 1 is 1.62 bits per heavy atom. The van der Waals surface area contributed by atoms with Gasteiger partial charge in [-0.1, -0.05) is 0 Å². The Bertz CT molecular complexity index is 525. The summed E-state index contributed by atoms with van der Waals surface area (Å²) in [6.45, 7) is 1.86. The van der Waals surface area contributed by atoms with Crippen LogP contribution in [0.15, 0.2) is 18.5 Å². The van der Waals surface area contributed by atoms with Crippen LogP contribution in [0.3, 0.4) is 0 Å². The summed E-state index contributed by atoms with van der Waals surface area (Å²) in [6.07, 6.45) is 3.34. The summed E-state index contributed by atoms with van der Waals surface area (Å²) in [5.74, 6) is 0.385. The Morgan fingerprint density at radius 2 is 2.38 bits per heavy atom. The number of rotatable bonds is 2. The minimum Gasteiger partial charge on any atom is -0.397 e. The predicted octanol–water partition coefficient (Wildman–Crippen LogP) is 0.891. The van der Waals surface area contributed by atoms with Gasteiger partial charge in [-0.15, -0.1) is 0 Å². The Hall–Kier alpha value is -2.24. The number of hydrogen-bond acceptors (Lipinski definition) is 3. The van der Waals surface area contributed by atoms with Gasteiger partial charge >= 0.3 is 0 Å². The van der Waals surface area contributed by atoms with Gasteiger partial charge in [-0.2, -0.15) is 5.10 Å². The number of carbonyl (C=O) groups excluding carboxylic acids is 1. The van der Waals surface area contributed by atoms with Gasteiger partial charge in [0, 0.05) is 18.8 Å². The van der Waals surface area contributed by atoms with Crippen LogP contribution in [0.5, 0.6) is 0 Å². The van der Waals surface area contributed by atoms with Crippen LogP contribution in [-0.2, 0) is 7.05 Å². The zero-order chi connectivity index (χ0) is 11.7. The van der Waals surface area contributed by atoms with Crippen molar-refractivity contribution in [1.29, 1.82) is 0 Å². The van der Waals surface area contributed by atoms with E-state index < -0.39 is 0 Å². The topological polar surface area (TPSA) is 88.7 Å². The Kier molecular flexibility index (Phi) is 2.40. The molecule has 0 saturated heterocycles. The molecule has 0 spiro atoms. The molecule has 4 N–H and O–H groups in total. The summed E-state index contributed by atoms with van der Waals surface area (Å²) < 4.78 is 1.68. The minimum atomic E-state index is -0.216. The molecular weight excluding hydrogens is 206 g/mol. The van der Waals surface area contributed by atoms with E-state index in [0.717, 1.165) is 5.56 Å². The summed E-state index contributed by atoms with van der Waals surface area (Å²) >= 11 is 0. The van der Waals surface area contributed by atoms with Gasteiger partial charge in [0.05, 0.1) is 11.9 Å². The van der Waals surface area contributed by atoms with E-state index in [0.29, 0.717) is 17.2 Å². The first-order chi connectivity index (χ1) is 7.58. The Balaban J connectivity index is 2.21. The maximum atomic E-state index is 11.9. The number of H-pyrrole nitrogens is 1. The maximum absolute atomic E-state index is 11.9. The van der Waals surface area contributed by atoms with Crippen LogP contribution >= 0.6 is 0 Å². The first-order valence-corrected chi connectivity index (χ1v) is 4.81. The van der Waals surface area contributed by atoms with Crippen molar-refractivity contribution < 1.29 is 4.79 Å². The van der Waals surface area contributed by atoms with E-state index in [-0.39, 0.29) is 5.91 Å². The number of aryl methyl sites for hydroxylation is 2. The van der Waals surface area contributed by atoms with Crippen LogP contribution in [0.4, 0.5) is 11.5 Å². The van der Waals surface area contributed by atoms with Crippen LogP contribution < -0.4 is 11.1 Å². The Morgan fingerprint density at radius 3 is 2.88 bits per heavy atom. The molecule has 2 aromatic rings. The molecule has 0 fully saturated rings. The highest BCUT2D eigenvalue weighted by Crippen LogP contribution is 2.13. The highest BCUT2D eigenvalue weighted by Gasteiger charge is 2.12. The van der Waals surface area contributed by atoms with E-state index in [1.807, 2.05) is 6.92 Å². The van der Waals surface area contributed by atoms with Crippen molar-refractivity contribution in [2.24, 2.45) is 7.05 Å². The molecule has 16 heavy (non-hydrogen) atoms. The predicted molar refractivity (Wildman–Crippen MR) is 61.1 cm³/mol. The van der Waals surface area contributed by atoms with Crippen LogP contribution in [0.2, 0.25) is 0 Å². The Labute approximate surface area is 92.5 Å². The normalized spacial score (nSPS) is 10.4. The molecule has 0 aliphatic rings. The molecule has 0 aromatic carbocycles. The van der Waals surface area contributed by atoms with Crippen molar-refractivity contribution >= 4 is 17.4 Å². The molecule has 0 aliphatic heterocycles. The van der Waals surface area contributed by atoms with Gasteiger partial charge in [0.15, 0.2) is 0 Å². The number of aromatic amines is 1. The van der Waals surface area contributed by atoms with E-state index >= 15 is 0 Å². The summed E-state index contributed by atoms with van der Waals surface area (Å²) in [5, 5.41) is 9.26. The lowest BCUT2D eigenvalue weighted by Gasteiger charge is -2.04. The van der Waals surface area contributed by atoms with Crippen molar-refractivity contribution in [1.82, 2.24) is 14.8 Å². The second-order valence-corrected chi connectivity index (χ2v) is 3.65. The zero-order valence-electron chi connectivity index (χ0n) is 9.11. The standard InChI is InChI=1S/C10H13N5O/c1-6-4-12-14-9(6)13-10(16)8-3-7(11)5-15(8)2/h3-5H,11H2,1-2H3,(H2,12,13,14,16). The molecule has 0 aliphatic carbocycles. The molecule has 2 rings (SSSR count). The largest absolute Gasteiger partial charge is 0.397 e. The molecule has 0 bridgehead atoms. The second-order valence-electron chi connectivity index (χ2n) is 3.65. The minimum absolute atomic E-state index is 0.216. The van der Waals surface area contributed by atoms with Crippen LogP contribution in [0, 0.1) is 6.92 Å². The number of amides is 1. The molecule has 0 radical (unpaired) electrons. The van der Waals surface area contributed by atoms with Crippen molar-refractivity contribution in [3.63, 3.8) is 0 Å². The van der Waals surface area contributed by atoms with Gasteiger partial charge in [-0.3, -0.25) is 9.89 Å². The maximum Gasteiger partial charge on any atom is 0.273 e. The number of nitrogens with two attached hydrogens (primary N) is 1. The first-order valence-electron chi connectivity index (χ1n) is 4.81. The molecule has 2 aromatic heterocycles. The van der Waals surface area contributed by atoms with Crippen molar-refractivity contribution in [2.45, 2.75) is 6.92 Å². The zero-order valence-corrected chi connectivity index (χ0v) is 9.11. The van der Waals surface area contributed by atoms with Gasteiger partial charge in [0.2, 0.25) is 0 Å². The summed E-state index contributed by atoms with van der Waals surface area (Å²) in [5.41, 5.74) is 7.55. The molecule has 0 unspecified atom stereocenters. The quantitative estimate of drug-likeness (QED) is 0.700. The fourth-order valence-electron chi connectivity index (χ4n) is 1.47. The third kappa shape index (κ3) is 1.77. The lowest BCUT2D eigenvalue weighted by Crippen LogP contribution is -2.16. The number of aromatic nitrogens is 3. The summed E-state index contributed by atoms with van der Waals surface area (Å²) in [4.78, 5) is 11.9. The molecule has 84 valence electrons. The van der Waals surface area contributed by atoms with E-state index in [1.165, 1.54) is 0 Å². The molecule has 0 atom stereocenters. The second kappa shape index (κ2) is 3.73. The van der Waals surface area contributed by atoms with E-state index in [9.17, 15) is 4.79 Å². The number of hydrogen-bond donors (Lipinski definition) is 3. The number of nitrogens with one attached hydrogen (secondary N) is 2. The molecule has 6 nitrogen and oxygen atoms in total. The average molecular weight is 219 g/mol. The number of nitrogens with zero attached hydrogens (tertiary/aromatic N) is 2. The summed E-state index contributed by atoms with van der Waals surface area (Å²) in [7, 11) is 1.77. The third-order valence-electron chi connectivity index (χ3n) is 2.33. The lowest BCUT2D eigenvalue weighted by molar-refractivity contribution is 0.101. The molecule has 2 heterocycles. The van der Waals surface area contributed by atoms with Crippen LogP contribution in [0.25, 0.3) is 0 Å². The van der Waals surface area contributed by atoms with Gasteiger partial charge in [0.1, 0.15) is 11.5 Å². The summed E-state index contributed by atoms with van der Waals surface area (Å²) in [6, 6.07) is 1.63. The van der Waals surface area contributed by atoms with Crippen molar-refractivity contribution in [2.75, 3.05) is 11.1 Å². The number of anilines is 2. The third-order valence-corrected chi connectivity index (χ3v) is 2.33. The molecule has 6 heteroatoms. The van der Waals surface area contributed by atoms with Gasteiger partial charge in [-0.05, 0) is 13.0 Å². The van der Waals surface area contributed by atoms with Crippen LogP contribution in [0.1, 0.15) is 16.1 Å². The van der Waals surface area contributed by atoms with Crippen molar-refractivity contribution in [3.05, 3.63) is 29.7 Å². The first kappa shape index (κ1) is 10.3. The SMILES string of the molecule is Cc1cn[nH]c1NC(=O)c1cc(N)cn1C. The fraction of sp³-hybridized carbons (Fsp3) is 0.200. The van der Waals surface area contributed by atoms with Gasteiger partial charge in [0.25, 0.3) is 5.91 Å². The van der Waals surface area contributed by atoms with E-state index in [1.54, 1.807) is 30.1 Å². The highest BCUT2D eigenvalue weighted by molar-refractivity contribution is 6.03. The van der Waals surface area contributed by atoms with Gasteiger partial charge < -0.3 is 15.6 Å². The molecular formula is C10H13N5O. The number of nitrogen functional groups attached to an aromatic ring is 1. The van der Waals surface area contributed by atoms with Gasteiger partial charge in [-0.25, -0.2) is 0 Å². The number of carbonyl (C=O) groups is 1. The average Bonchev–Trinajstić information content (AvgIpc) is 2.74. The van der Waals surface area contributed by atoms with E-state index in [4.69, 9.17) is 5.73 Å². The fourth-order valence-corrected chi connectivity index (χ4v) is 1.47. The monoisotopic (exact) mass is 219 g/mol. The van der Waals surface area contributed by atoms with E-state index in [2.05, 4.69) is 15.5 Å². The smallest absolute Gasteiger partial charge is 0.273 e. The lowest BCUT2D eigenvalue weighted by atomic mass is 10.3. The molecule has 1 amide bonds. The highest BCUT2D eigenvalue weighted by atomic mass is 16.2.